The summed E-state index contributed by atoms with van der Waals surface area (Å²) in [6.45, 7) is 6.83. The Balaban J connectivity index is 1.77. The summed E-state index contributed by atoms with van der Waals surface area (Å²) in [5.41, 5.74) is 1.57. The number of anilines is 1. The zero-order valence-electron chi connectivity index (χ0n) is 17.7. The maximum absolute atomic E-state index is 9.19. The average Bonchev–Trinajstić information content (AvgIpc) is 2.94. The molecule has 1 atom stereocenters. The van der Waals surface area contributed by atoms with Crippen LogP contribution in [0.2, 0.25) is 0 Å². The molecule has 2 aliphatic heterocycles. The molecule has 1 aromatic rings. The summed E-state index contributed by atoms with van der Waals surface area (Å²) in [7, 11) is 0. The molecule has 3 fully saturated rings. The Labute approximate surface area is 180 Å². The summed E-state index contributed by atoms with van der Waals surface area (Å²) >= 11 is 6.06. The summed E-state index contributed by atoms with van der Waals surface area (Å²) in [4.78, 5) is 11.2. The second-order valence-electron chi connectivity index (χ2n) is 9.30. The number of benzene rings is 1. The molecule has 29 heavy (non-hydrogen) atoms. The molecule has 0 N–H and O–H groups in total. The van der Waals surface area contributed by atoms with Crippen LogP contribution in [0, 0.1) is 16.7 Å². The van der Waals surface area contributed by atoms with E-state index in [0.717, 1.165) is 29.6 Å². The van der Waals surface area contributed by atoms with Crippen molar-refractivity contribution in [2.45, 2.75) is 77.3 Å². The molecule has 0 amide bonds. The molecule has 1 saturated carbocycles. The van der Waals surface area contributed by atoms with Crippen molar-refractivity contribution in [2.24, 2.45) is 10.4 Å². The fourth-order valence-corrected chi connectivity index (χ4v) is 5.52. The lowest BCUT2D eigenvalue weighted by atomic mass is 9.85. The lowest BCUT2D eigenvalue weighted by Crippen LogP contribution is -2.50. The highest BCUT2D eigenvalue weighted by Crippen LogP contribution is 2.41. The number of rotatable bonds is 3. The van der Waals surface area contributed by atoms with Crippen LogP contribution in [-0.2, 0) is 0 Å². The van der Waals surface area contributed by atoms with E-state index in [2.05, 4.69) is 29.7 Å². The third-order valence-corrected chi connectivity index (χ3v) is 7.52. The van der Waals surface area contributed by atoms with E-state index in [1.54, 1.807) is 0 Å². The van der Waals surface area contributed by atoms with Gasteiger partial charge in [-0.05, 0) is 63.0 Å². The van der Waals surface area contributed by atoms with Crippen molar-refractivity contribution in [3.8, 4) is 6.07 Å². The number of aliphatic imine (C=N–C) groups is 1. The summed E-state index contributed by atoms with van der Waals surface area (Å²) < 4.78 is 0. The number of likely N-dealkylation sites (tertiary alicyclic amines) is 1. The largest absolute Gasteiger partial charge is 0.293 e. The highest BCUT2D eigenvalue weighted by Gasteiger charge is 2.52. The number of amidine groups is 1. The molecule has 2 heterocycles. The Morgan fingerprint density at radius 3 is 2.24 bits per heavy atom. The second kappa shape index (κ2) is 8.53. The Kier molecular flexibility index (Phi) is 6.03. The maximum Gasteiger partial charge on any atom is 0.127 e. The molecule has 4 nitrogen and oxygen atoms in total. The molecular formula is C24H32N4S. The zero-order chi connectivity index (χ0) is 20.4. The van der Waals surface area contributed by atoms with Gasteiger partial charge in [0.2, 0.25) is 0 Å². The maximum atomic E-state index is 9.19. The van der Waals surface area contributed by atoms with Gasteiger partial charge in [-0.1, -0.05) is 51.7 Å². The number of nitriles is 1. The number of hydrogen-bond donors (Lipinski definition) is 0. The minimum atomic E-state index is -0.145. The van der Waals surface area contributed by atoms with Crippen LogP contribution in [0.1, 0.15) is 70.8 Å². The summed E-state index contributed by atoms with van der Waals surface area (Å²) in [5, 5.41) is 9.19. The summed E-state index contributed by atoms with van der Waals surface area (Å²) in [6.07, 6.45) is 10.1. The van der Waals surface area contributed by atoms with Crippen LogP contribution in [0.3, 0.4) is 0 Å². The first-order valence-electron chi connectivity index (χ1n) is 11.2. The summed E-state index contributed by atoms with van der Waals surface area (Å²) in [5.74, 6) is 1.14. The van der Waals surface area contributed by atoms with Gasteiger partial charge in [0.25, 0.3) is 0 Å². The van der Waals surface area contributed by atoms with Crippen LogP contribution >= 0.6 is 12.2 Å². The van der Waals surface area contributed by atoms with Crippen LogP contribution in [-0.4, -0.2) is 40.9 Å². The van der Waals surface area contributed by atoms with Gasteiger partial charge in [-0.3, -0.25) is 14.8 Å². The first-order chi connectivity index (χ1) is 14.0. The first-order valence-corrected chi connectivity index (χ1v) is 11.6. The molecule has 0 aromatic heterocycles. The van der Waals surface area contributed by atoms with E-state index < -0.39 is 0 Å². The molecule has 0 spiro atoms. The van der Waals surface area contributed by atoms with E-state index >= 15 is 0 Å². The van der Waals surface area contributed by atoms with Gasteiger partial charge in [-0.15, -0.1) is 0 Å². The minimum absolute atomic E-state index is 0.145. The Morgan fingerprint density at radius 2 is 1.62 bits per heavy atom. The third-order valence-electron chi connectivity index (χ3n) is 6.81. The van der Waals surface area contributed by atoms with Gasteiger partial charge < -0.3 is 0 Å². The van der Waals surface area contributed by atoms with E-state index in [1.807, 2.05) is 24.3 Å². The molecule has 0 radical (unpaired) electrons. The van der Waals surface area contributed by atoms with Crippen molar-refractivity contribution in [3.05, 3.63) is 29.8 Å². The van der Waals surface area contributed by atoms with Gasteiger partial charge in [0.1, 0.15) is 5.84 Å². The Hall–Kier alpha value is -1.77. The van der Waals surface area contributed by atoms with Gasteiger partial charge in [-0.25, -0.2) is 0 Å². The van der Waals surface area contributed by atoms with Crippen molar-refractivity contribution in [2.75, 3.05) is 18.0 Å². The molecule has 3 aliphatic rings. The molecule has 4 rings (SSSR count). The van der Waals surface area contributed by atoms with Crippen molar-refractivity contribution in [1.29, 1.82) is 5.26 Å². The van der Waals surface area contributed by atoms with Crippen molar-refractivity contribution in [3.63, 3.8) is 0 Å². The van der Waals surface area contributed by atoms with Crippen LogP contribution < -0.4 is 4.90 Å². The molecule has 5 heteroatoms. The first kappa shape index (κ1) is 20.5. The monoisotopic (exact) mass is 408 g/mol. The SMILES string of the molecule is CC1(C)C(=S)N(c2ccc(C#N)cc2)C(=NC2CCCCC2)C1N1CCCCC1. The van der Waals surface area contributed by atoms with Crippen molar-refractivity contribution in [1.82, 2.24) is 4.90 Å². The van der Waals surface area contributed by atoms with E-state index in [-0.39, 0.29) is 11.5 Å². The van der Waals surface area contributed by atoms with Crippen molar-refractivity contribution >= 4 is 28.7 Å². The Morgan fingerprint density at radius 1 is 1.00 bits per heavy atom. The average molecular weight is 409 g/mol. The lowest BCUT2D eigenvalue weighted by molar-refractivity contribution is 0.154. The zero-order valence-corrected chi connectivity index (χ0v) is 18.5. The molecule has 154 valence electrons. The van der Waals surface area contributed by atoms with Gasteiger partial charge in [0.15, 0.2) is 0 Å². The number of nitrogens with zero attached hydrogens (tertiary/aromatic N) is 4. The van der Waals surface area contributed by atoms with E-state index in [1.165, 1.54) is 51.4 Å². The predicted octanol–water partition coefficient (Wildman–Crippen LogP) is 5.32. The predicted molar refractivity (Wildman–Crippen MR) is 124 cm³/mol. The van der Waals surface area contributed by atoms with Crippen molar-refractivity contribution < 1.29 is 0 Å². The van der Waals surface area contributed by atoms with Gasteiger partial charge >= 0.3 is 0 Å². The van der Waals surface area contributed by atoms with Gasteiger partial charge in [-0.2, -0.15) is 5.26 Å². The highest BCUT2D eigenvalue weighted by molar-refractivity contribution is 7.80. The van der Waals surface area contributed by atoms with Crippen LogP contribution in [0.15, 0.2) is 29.3 Å². The molecular weight excluding hydrogens is 376 g/mol. The summed E-state index contributed by atoms with van der Waals surface area (Å²) in [6, 6.07) is 10.7. The Bertz CT molecular complexity index is 808. The lowest BCUT2D eigenvalue weighted by Gasteiger charge is -2.38. The molecule has 0 bridgehead atoms. The number of thiocarbonyl (C=S) groups is 1. The molecule has 1 aromatic carbocycles. The van der Waals surface area contributed by atoms with Gasteiger partial charge in [0.05, 0.1) is 28.7 Å². The fraction of sp³-hybridized carbons (Fsp3) is 0.625. The number of piperidine rings is 1. The topological polar surface area (TPSA) is 42.6 Å². The van der Waals surface area contributed by atoms with Crippen LogP contribution in [0.4, 0.5) is 5.69 Å². The fourth-order valence-electron chi connectivity index (χ4n) is 5.21. The highest BCUT2D eigenvalue weighted by atomic mass is 32.1. The molecule has 1 unspecified atom stereocenters. The normalized spacial score (nSPS) is 27.3. The smallest absolute Gasteiger partial charge is 0.127 e. The van der Waals surface area contributed by atoms with Crippen LogP contribution in [0.5, 0.6) is 0 Å². The van der Waals surface area contributed by atoms with Gasteiger partial charge in [0, 0.05) is 11.1 Å². The number of hydrogen-bond acceptors (Lipinski definition) is 4. The van der Waals surface area contributed by atoms with E-state index in [9.17, 15) is 5.26 Å². The molecule has 1 aliphatic carbocycles. The van der Waals surface area contributed by atoms with E-state index in [4.69, 9.17) is 17.2 Å². The second-order valence-corrected chi connectivity index (χ2v) is 9.69. The van der Waals surface area contributed by atoms with E-state index in [0.29, 0.717) is 11.6 Å². The van der Waals surface area contributed by atoms with Crippen LogP contribution in [0.25, 0.3) is 0 Å². The standard InChI is InChI=1S/C24H32N4S/c1-24(2)21(27-15-7-4-8-16-27)22(26-19-9-5-3-6-10-19)28(23(24)29)20-13-11-18(17-25)12-14-20/h11-14,19,21H,3-10,15-16H2,1-2H3. The minimum Gasteiger partial charge on any atom is -0.293 e. The molecule has 2 saturated heterocycles. The quantitative estimate of drug-likeness (QED) is 0.635. The third kappa shape index (κ3) is 3.98.